The Kier molecular flexibility index (Phi) is 4.02. The van der Waals surface area contributed by atoms with Crippen LogP contribution in [0.15, 0.2) is 24.3 Å². The lowest BCUT2D eigenvalue weighted by atomic mass is 10.1. The Labute approximate surface area is 120 Å². The van der Waals surface area contributed by atoms with Gasteiger partial charge >= 0.3 is 5.97 Å². The molecule has 7 nitrogen and oxygen atoms in total. The first kappa shape index (κ1) is 14.7. The van der Waals surface area contributed by atoms with E-state index in [1.54, 1.807) is 6.07 Å². The molecule has 0 spiro atoms. The molecule has 0 bridgehead atoms. The van der Waals surface area contributed by atoms with Gasteiger partial charge in [-0.2, -0.15) is 0 Å². The van der Waals surface area contributed by atoms with E-state index in [1.807, 2.05) is 13.8 Å². The van der Waals surface area contributed by atoms with E-state index in [0.29, 0.717) is 12.0 Å². The number of hydrogen-bond donors (Lipinski definition) is 1. The summed E-state index contributed by atoms with van der Waals surface area (Å²) < 4.78 is 5.58. The third-order valence-electron chi connectivity index (χ3n) is 2.77. The molecule has 2 rings (SSSR count). The number of fused-ring (bicyclic) bond motifs is 1. The van der Waals surface area contributed by atoms with Crippen LogP contribution in [0, 0.1) is 16.0 Å². The van der Waals surface area contributed by atoms with Crippen LogP contribution in [0.4, 0.5) is 5.69 Å². The number of benzene rings is 1. The van der Waals surface area contributed by atoms with E-state index < -0.39 is 10.9 Å². The summed E-state index contributed by atoms with van der Waals surface area (Å²) >= 11 is 0. The minimum Gasteiger partial charge on any atom is -0.493 e. The first-order chi connectivity index (χ1) is 9.90. The fourth-order valence-corrected chi connectivity index (χ4v) is 1.84. The highest BCUT2D eigenvalue weighted by molar-refractivity contribution is 5.96. The zero-order chi connectivity index (χ0) is 15.6. The molecule has 1 aromatic heterocycles. The van der Waals surface area contributed by atoms with Gasteiger partial charge in [0.2, 0.25) is 0 Å². The van der Waals surface area contributed by atoms with E-state index in [4.69, 9.17) is 9.84 Å². The smallest absolute Gasteiger partial charge is 0.354 e. The van der Waals surface area contributed by atoms with Crippen molar-refractivity contribution in [3.8, 4) is 5.75 Å². The van der Waals surface area contributed by atoms with Crippen molar-refractivity contribution in [2.75, 3.05) is 6.61 Å². The van der Waals surface area contributed by atoms with E-state index >= 15 is 0 Å². The number of pyridine rings is 1. The van der Waals surface area contributed by atoms with Crippen LogP contribution in [0.5, 0.6) is 5.75 Å². The molecule has 1 N–H and O–H groups in total. The predicted octanol–water partition coefficient (Wildman–Crippen LogP) is 2.88. The van der Waals surface area contributed by atoms with Gasteiger partial charge in [0.25, 0.3) is 5.69 Å². The fraction of sp³-hybridized carbons (Fsp3) is 0.286. The van der Waals surface area contributed by atoms with E-state index in [0.717, 1.165) is 0 Å². The maximum absolute atomic E-state index is 11.1. The Balaban J connectivity index is 2.68. The molecular weight excluding hydrogens is 276 g/mol. The second kappa shape index (κ2) is 5.74. The molecule has 1 heterocycles. The zero-order valence-electron chi connectivity index (χ0n) is 11.6. The third kappa shape index (κ3) is 3.07. The van der Waals surface area contributed by atoms with Crippen molar-refractivity contribution in [3.63, 3.8) is 0 Å². The molecule has 0 saturated heterocycles. The van der Waals surface area contributed by atoms with Crippen molar-refractivity contribution in [3.05, 3.63) is 40.1 Å². The van der Waals surface area contributed by atoms with Crippen molar-refractivity contribution in [1.82, 2.24) is 4.98 Å². The number of carboxylic acid groups (broad SMARTS) is 1. The molecule has 0 aliphatic heterocycles. The Morgan fingerprint density at radius 1 is 1.48 bits per heavy atom. The average Bonchev–Trinajstić information content (AvgIpc) is 2.43. The second-order valence-electron chi connectivity index (χ2n) is 4.95. The summed E-state index contributed by atoms with van der Waals surface area (Å²) in [5.41, 5.74) is -0.512. The molecule has 0 saturated carbocycles. The topological polar surface area (TPSA) is 103 Å². The van der Waals surface area contributed by atoms with Crippen LogP contribution in [0.2, 0.25) is 0 Å². The number of nitro groups is 1. The lowest BCUT2D eigenvalue weighted by Gasteiger charge is -2.12. The van der Waals surface area contributed by atoms with Crippen molar-refractivity contribution in [2.45, 2.75) is 13.8 Å². The van der Waals surface area contributed by atoms with Crippen LogP contribution < -0.4 is 4.74 Å². The number of rotatable bonds is 5. The van der Waals surface area contributed by atoms with Crippen molar-refractivity contribution >= 4 is 22.6 Å². The number of aromatic carboxylic acids is 1. The summed E-state index contributed by atoms with van der Waals surface area (Å²) in [7, 11) is 0. The van der Waals surface area contributed by atoms with Crippen LogP contribution >= 0.6 is 0 Å². The van der Waals surface area contributed by atoms with Gasteiger partial charge in [0.05, 0.1) is 11.5 Å². The molecule has 7 heteroatoms. The van der Waals surface area contributed by atoms with Crippen LogP contribution in [0.3, 0.4) is 0 Å². The largest absolute Gasteiger partial charge is 0.493 e. The molecule has 0 atom stereocenters. The standard InChI is InChI=1S/C14H14N2O5/c1-8(2)7-21-12-6-10(14(17)18)15-13-9(12)4-3-5-11(13)16(19)20/h3-6,8H,7H2,1-2H3,(H,17,18). The summed E-state index contributed by atoms with van der Waals surface area (Å²) in [5.74, 6) is -0.737. The SMILES string of the molecule is CC(C)COc1cc(C(=O)O)nc2c([N+](=O)[O-])cccc12. The molecule has 0 unspecified atom stereocenters. The highest BCUT2D eigenvalue weighted by atomic mass is 16.6. The van der Waals surface area contributed by atoms with Crippen molar-refractivity contribution in [1.29, 1.82) is 0 Å². The number of aromatic nitrogens is 1. The Hall–Kier alpha value is -2.70. The van der Waals surface area contributed by atoms with Crippen molar-refractivity contribution < 1.29 is 19.6 Å². The number of para-hydroxylation sites is 1. The molecule has 110 valence electrons. The molecule has 1 aromatic carbocycles. The summed E-state index contributed by atoms with van der Waals surface area (Å²) in [4.78, 5) is 25.5. The molecule has 2 aromatic rings. The molecule has 0 amide bonds. The van der Waals surface area contributed by atoms with Gasteiger partial charge in [-0.25, -0.2) is 9.78 Å². The molecular formula is C14H14N2O5. The van der Waals surface area contributed by atoms with Gasteiger partial charge in [-0.05, 0) is 12.0 Å². The lowest BCUT2D eigenvalue weighted by molar-refractivity contribution is -0.383. The van der Waals surface area contributed by atoms with Crippen LogP contribution in [-0.2, 0) is 0 Å². The zero-order valence-corrected chi connectivity index (χ0v) is 11.6. The van der Waals surface area contributed by atoms with Gasteiger partial charge in [-0.1, -0.05) is 19.9 Å². The first-order valence-electron chi connectivity index (χ1n) is 6.34. The number of nitrogens with zero attached hydrogens (tertiary/aromatic N) is 2. The van der Waals surface area contributed by atoms with E-state index in [9.17, 15) is 14.9 Å². The fourth-order valence-electron chi connectivity index (χ4n) is 1.84. The number of carboxylic acids is 1. The highest BCUT2D eigenvalue weighted by Crippen LogP contribution is 2.31. The first-order valence-corrected chi connectivity index (χ1v) is 6.34. The minimum absolute atomic E-state index is 0.0150. The maximum Gasteiger partial charge on any atom is 0.354 e. The number of carbonyl (C=O) groups is 1. The van der Waals surface area contributed by atoms with Gasteiger partial charge in [0.1, 0.15) is 5.75 Å². The summed E-state index contributed by atoms with van der Waals surface area (Å²) in [5, 5.41) is 20.6. The average molecular weight is 290 g/mol. The van der Waals surface area contributed by atoms with Crippen molar-refractivity contribution in [2.24, 2.45) is 5.92 Å². The monoisotopic (exact) mass is 290 g/mol. The minimum atomic E-state index is -1.26. The van der Waals surface area contributed by atoms with Gasteiger partial charge in [-0.15, -0.1) is 0 Å². The normalized spacial score (nSPS) is 10.8. The summed E-state index contributed by atoms with van der Waals surface area (Å²) in [6, 6.07) is 5.71. The van der Waals surface area contributed by atoms with E-state index in [-0.39, 0.29) is 28.6 Å². The number of non-ortho nitro benzene ring substituents is 1. The Morgan fingerprint density at radius 3 is 2.76 bits per heavy atom. The molecule has 0 aliphatic carbocycles. The molecule has 0 fully saturated rings. The Bertz CT molecular complexity index is 712. The number of ether oxygens (including phenoxy) is 1. The lowest BCUT2D eigenvalue weighted by Crippen LogP contribution is -2.08. The van der Waals surface area contributed by atoms with Gasteiger partial charge in [0.15, 0.2) is 11.2 Å². The second-order valence-corrected chi connectivity index (χ2v) is 4.95. The number of nitro benzene ring substituents is 1. The summed E-state index contributed by atoms with van der Waals surface area (Å²) in [6.07, 6.45) is 0. The Morgan fingerprint density at radius 2 is 2.19 bits per heavy atom. The summed E-state index contributed by atoms with van der Waals surface area (Å²) in [6.45, 7) is 4.27. The highest BCUT2D eigenvalue weighted by Gasteiger charge is 2.19. The number of hydrogen-bond acceptors (Lipinski definition) is 5. The maximum atomic E-state index is 11.1. The van der Waals surface area contributed by atoms with Crippen LogP contribution in [0.25, 0.3) is 10.9 Å². The predicted molar refractivity (Wildman–Crippen MR) is 75.7 cm³/mol. The van der Waals surface area contributed by atoms with Crippen LogP contribution in [0.1, 0.15) is 24.3 Å². The quantitative estimate of drug-likeness (QED) is 0.671. The van der Waals surface area contributed by atoms with Gasteiger partial charge in [0, 0.05) is 17.5 Å². The van der Waals surface area contributed by atoms with E-state index in [1.165, 1.54) is 18.2 Å². The third-order valence-corrected chi connectivity index (χ3v) is 2.77. The van der Waals surface area contributed by atoms with Crippen LogP contribution in [-0.4, -0.2) is 27.6 Å². The molecule has 21 heavy (non-hydrogen) atoms. The van der Waals surface area contributed by atoms with Gasteiger partial charge < -0.3 is 9.84 Å². The van der Waals surface area contributed by atoms with Gasteiger partial charge in [-0.3, -0.25) is 10.1 Å². The molecule has 0 aliphatic rings. The van der Waals surface area contributed by atoms with E-state index in [2.05, 4.69) is 4.98 Å². The molecule has 0 radical (unpaired) electrons.